The fraction of sp³-hybridized carbons (Fsp3) is 0.500. The van der Waals surface area contributed by atoms with Crippen LogP contribution in [0.3, 0.4) is 0 Å². The Morgan fingerprint density at radius 2 is 2.24 bits per heavy atom. The summed E-state index contributed by atoms with van der Waals surface area (Å²) in [5.41, 5.74) is 3.62. The van der Waals surface area contributed by atoms with Gasteiger partial charge in [-0.05, 0) is 44.9 Å². The van der Waals surface area contributed by atoms with Gasteiger partial charge in [-0.3, -0.25) is 4.79 Å². The number of fused-ring (bicyclic) bond motifs is 1. The van der Waals surface area contributed by atoms with Gasteiger partial charge in [0.2, 0.25) is 5.91 Å². The second kappa shape index (κ2) is 4.88. The first-order chi connectivity index (χ1) is 8.15. The molecule has 3 heteroatoms. The van der Waals surface area contributed by atoms with Crippen molar-refractivity contribution in [3.8, 4) is 0 Å². The first kappa shape index (κ1) is 12.1. The zero-order valence-corrected chi connectivity index (χ0v) is 10.8. The minimum Gasteiger partial charge on any atom is -0.311 e. The molecule has 1 N–H and O–H groups in total. The summed E-state index contributed by atoms with van der Waals surface area (Å²) in [6.45, 7) is 4.83. The number of aryl methyl sites for hydroxylation is 2. The summed E-state index contributed by atoms with van der Waals surface area (Å²) in [6, 6.07) is 6.16. The molecule has 1 heterocycles. The summed E-state index contributed by atoms with van der Waals surface area (Å²) >= 11 is 0. The monoisotopic (exact) mass is 232 g/mol. The lowest BCUT2D eigenvalue weighted by Gasteiger charge is -2.32. The Balaban J connectivity index is 2.37. The molecule has 1 atom stereocenters. The van der Waals surface area contributed by atoms with Gasteiger partial charge in [-0.15, -0.1) is 0 Å². The molecule has 1 aromatic rings. The Morgan fingerprint density at radius 1 is 1.47 bits per heavy atom. The molecule has 0 aliphatic carbocycles. The van der Waals surface area contributed by atoms with E-state index in [-0.39, 0.29) is 11.9 Å². The SMILES string of the molecule is CNC(C)C(=O)N1CCCc2cccc(C)c21. The van der Waals surface area contributed by atoms with Gasteiger partial charge in [-0.1, -0.05) is 18.2 Å². The van der Waals surface area contributed by atoms with Crippen molar-refractivity contribution in [2.75, 3.05) is 18.5 Å². The van der Waals surface area contributed by atoms with Gasteiger partial charge in [0.15, 0.2) is 0 Å². The summed E-state index contributed by atoms with van der Waals surface area (Å²) in [7, 11) is 1.82. The van der Waals surface area contributed by atoms with Crippen LogP contribution in [-0.4, -0.2) is 25.5 Å². The van der Waals surface area contributed by atoms with Gasteiger partial charge >= 0.3 is 0 Å². The molecular weight excluding hydrogens is 212 g/mol. The average Bonchev–Trinajstić information content (AvgIpc) is 2.36. The lowest BCUT2D eigenvalue weighted by molar-refractivity contribution is -0.120. The zero-order valence-electron chi connectivity index (χ0n) is 10.8. The molecule has 17 heavy (non-hydrogen) atoms. The van der Waals surface area contributed by atoms with Crippen molar-refractivity contribution in [3.63, 3.8) is 0 Å². The summed E-state index contributed by atoms with van der Waals surface area (Å²) in [5.74, 6) is 0.169. The lowest BCUT2D eigenvalue weighted by Crippen LogP contribution is -2.46. The van der Waals surface area contributed by atoms with Gasteiger partial charge in [0.05, 0.1) is 6.04 Å². The fourth-order valence-corrected chi connectivity index (χ4v) is 2.42. The third kappa shape index (κ3) is 2.20. The Morgan fingerprint density at radius 3 is 2.94 bits per heavy atom. The molecular formula is C14H20N2O. The Hall–Kier alpha value is -1.35. The Bertz CT molecular complexity index is 428. The van der Waals surface area contributed by atoms with E-state index in [9.17, 15) is 4.79 Å². The maximum Gasteiger partial charge on any atom is 0.243 e. The van der Waals surface area contributed by atoms with E-state index in [0.29, 0.717) is 0 Å². The van der Waals surface area contributed by atoms with Crippen molar-refractivity contribution in [1.82, 2.24) is 5.32 Å². The summed E-state index contributed by atoms with van der Waals surface area (Å²) < 4.78 is 0. The number of carbonyl (C=O) groups excluding carboxylic acids is 1. The highest BCUT2D eigenvalue weighted by Gasteiger charge is 2.26. The molecule has 1 aliphatic heterocycles. The predicted octanol–water partition coefficient (Wildman–Crippen LogP) is 1.88. The van der Waals surface area contributed by atoms with E-state index in [0.717, 1.165) is 25.1 Å². The smallest absolute Gasteiger partial charge is 0.243 e. The minimum absolute atomic E-state index is 0.124. The second-order valence-electron chi connectivity index (χ2n) is 4.69. The number of hydrogen-bond acceptors (Lipinski definition) is 2. The normalized spacial score (nSPS) is 16.5. The average molecular weight is 232 g/mol. The first-order valence-electron chi connectivity index (χ1n) is 6.22. The molecule has 0 saturated carbocycles. The molecule has 0 saturated heterocycles. The van der Waals surface area contributed by atoms with Gasteiger partial charge in [-0.25, -0.2) is 0 Å². The van der Waals surface area contributed by atoms with Crippen LogP contribution >= 0.6 is 0 Å². The van der Waals surface area contributed by atoms with Crippen LogP contribution in [0.15, 0.2) is 18.2 Å². The largest absolute Gasteiger partial charge is 0.311 e. The summed E-state index contributed by atoms with van der Waals surface area (Å²) in [6.07, 6.45) is 2.13. The van der Waals surface area contributed by atoms with Crippen molar-refractivity contribution in [2.45, 2.75) is 32.7 Å². The number of amides is 1. The molecule has 0 aromatic heterocycles. The maximum absolute atomic E-state index is 12.3. The highest BCUT2D eigenvalue weighted by molar-refractivity contribution is 5.98. The molecule has 0 radical (unpaired) electrons. The van der Waals surface area contributed by atoms with Crippen LogP contribution in [0.1, 0.15) is 24.5 Å². The van der Waals surface area contributed by atoms with Crippen LogP contribution in [0.5, 0.6) is 0 Å². The van der Waals surface area contributed by atoms with Crippen molar-refractivity contribution in [1.29, 1.82) is 0 Å². The molecule has 0 fully saturated rings. The third-order valence-corrected chi connectivity index (χ3v) is 3.49. The molecule has 1 unspecified atom stereocenters. The number of benzene rings is 1. The van der Waals surface area contributed by atoms with Crippen LogP contribution in [0, 0.1) is 6.92 Å². The Labute approximate surface area is 103 Å². The molecule has 1 aliphatic rings. The number of nitrogens with zero attached hydrogens (tertiary/aromatic N) is 1. The van der Waals surface area contributed by atoms with Crippen LogP contribution in [0.2, 0.25) is 0 Å². The lowest BCUT2D eigenvalue weighted by atomic mass is 9.97. The number of nitrogens with one attached hydrogen (secondary N) is 1. The molecule has 1 amide bonds. The quantitative estimate of drug-likeness (QED) is 0.844. The third-order valence-electron chi connectivity index (χ3n) is 3.49. The number of hydrogen-bond donors (Lipinski definition) is 1. The standard InChI is InChI=1S/C14H20N2O/c1-10-6-4-7-12-8-5-9-16(13(10)12)14(17)11(2)15-3/h4,6-7,11,15H,5,8-9H2,1-3H3. The number of para-hydroxylation sites is 1. The molecule has 0 bridgehead atoms. The highest BCUT2D eigenvalue weighted by atomic mass is 16.2. The number of rotatable bonds is 2. The van der Waals surface area contributed by atoms with E-state index in [1.165, 1.54) is 11.1 Å². The molecule has 3 nitrogen and oxygen atoms in total. The summed E-state index contributed by atoms with van der Waals surface area (Å²) in [5, 5.41) is 3.02. The van der Waals surface area contributed by atoms with Crippen molar-refractivity contribution < 1.29 is 4.79 Å². The minimum atomic E-state index is -0.124. The second-order valence-corrected chi connectivity index (χ2v) is 4.69. The first-order valence-corrected chi connectivity index (χ1v) is 6.22. The van der Waals surface area contributed by atoms with Crippen LogP contribution in [0.25, 0.3) is 0 Å². The highest BCUT2D eigenvalue weighted by Crippen LogP contribution is 2.30. The molecule has 2 rings (SSSR count). The maximum atomic E-state index is 12.3. The van der Waals surface area contributed by atoms with Crippen LogP contribution in [0.4, 0.5) is 5.69 Å². The van der Waals surface area contributed by atoms with E-state index in [4.69, 9.17) is 0 Å². The summed E-state index contributed by atoms with van der Waals surface area (Å²) in [4.78, 5) is 14.2. The number of likely N-dealkylation sites (N-methyl/N-ethyl adjacent to an activating group) is 1. The number of anilines is 1. The van der Waals surface area contributed by atoms with E-state index in [1.807, 2.05) is 18.9 Å². The van der Waals surface area contributed by atoms with Crippen molar-refractivity contribution in [2.24, 2.45) is 0 Å². The fourth-order valence-electron chi connectivity index (χ4n) is 2.42. The van der Waals surface area contributed by atoms with E-state index in [1.54, 1.807) is 0 Å². The van der Waals surface area contributed by atoms with Crippen LogP contribution < -0.4 is 10.2 Å². The molecule has 92 valence electrons. The van der Waals surface area contributed by atoms with Gasteiger partial charge in [0.25, 0.3) is 0 Å². The zero-order chi connectivity index (χ0) is 12.4. The molecule has 1 aromatic carbocycles. The van der Waals surface area contributed by atoms with Crippen molar-refractivity contribution in [3.05, 3.63) is 29.3 Å². The van der Waals surface area contributed by atoms with Gasteiger partial charge in [0, 0.05) is 12.2 Å². The molecule has 0 spiro atoms. The van der Waals surface area contributed by atoms with E-state index in [2.05, 4.69) is 30.4 Å². The van der Waals surface area contributed by atoms with E-state index < -0.39 is 0 Å². The topological polar surface area (TPSA) is 32.3 Å². The van der Waals surface area contributed by atoms with Crippen molar-refractivity contribution >= 4 is 11.6 Å². The Kier molecular flexibility index (Phi) is 3.48. The van der Waals surface area contributed by atoms with E-state index >= 15 is 0 Å². The van der Waals surface area contributed by atoms with Gasteiger partial charge in [0.1, 0.15) is 0 Å². The van der Waals surface area contributed by atoms with Gasteiger partial charge < -0.3 is 10.2 Å². The van der Waals surface area contributed by atoms with Gasteiger partial charge in [-0.2, -0.15) is 0 Å². The predicted molar refractivity (Wildman–Crippen MR) is 70.4 cm³/mol. The van der Waals surface area contributed by atoms with Crippen LogP contribution in [-0.2, 0) is 11.2 Å². The number of carbonyl (C=O) groups is 1.